The molecule has 0 heterocycles. The molecule has 0 aromatic heterocycles. The van der Waals surface area contributed by atoms with Crippen molar-refractivity contribution >= 4 is 17.8 Å². The molecule has 0 amide bonds. The van der Waals surface area contributed by atoms with Crippen molar-refractivity contribution in [3.8, 4) is 0 Å². The summed E-state index contributed by atoms with van der Waals surface area (Å²) in [6.45, 7) is -0.487. The van der Waals surface area contributed by atoms with Crippen LogP contribution in [0, 0.1) is 17.5 Å². The number of hydrogen-bond donors (Lipinski definition) is 0. The molecule has 1 aromatic carbocycles. The number of ketones is 1. The van der Waals surface area contributed by atoms with Crippen molar-refractivity contribution in [3.05, 3.63) is 40.7 Å². The topological polar surface area (TPSA) is 52.6 Å². The first kappa shape index (κ1) is 15.9. The van der Waals surface area contributed by atoms with Crippen LogP contribution in [0.4, 0.5) is 13.2 Å². The largest absolute Gasteiger partial charge is 0.465 e. The molecule has 0 atom stereocenters. The van der Waals surface area contributed by atoms with E-state index in [1.165, 1.54) is 7.11 Å². The number of esters is 1. The van der Waals surface area contributed by atoms with E-state index in [0.29, 0.717) is 18.2 Å². The Morgan fingerprint density at radius 2 is 1.75 bits per heavy atom. The summed E-state index contributed by atoms with van der Waals surface area (Å²) in [5.41, 5.74) is -1.48. The minimum atomic E-state index is -1.50. The second kappa shape index (κ2) is 6.85. The van der Waals surface area contributed by atoms with E-state index in [0.717, 1.165) is 7.11 Å². The van der Waals surface area contributed by atoms with Crippen molar-refractivity contribution in [2.24, 2.45) is 0 Å². The minimum Gasteiger partial charge on any atom is -0.465 e. The highest BCUT2D eigenvalue weighted by Gasteiger charge is 2.21. The summed E-state index contributed by atoms with van der Waals surface area (Å²) in [5.74, 6) is -5.87. The Kier molecular flexibility index (Phi) is 5.45. The highest BCUT2D eigenvalue weighted by Crippen LogP contribution is 2.19. The van der Waals surface area contributed by atoms with Gasteiger partial charge in [-0.2, -0.15) is 0 Å². The lowest BCUT2D eigenvalue weighted by Crippen LogP contribution is -2.18. The van der Waals surface area contributed by atoms with Gasteiger partial charge in [-0.05, 0) is 18.2 Å². The van der Waals surface area contributed by atoms with E-state index in [9.17, 15) is 22.8 Å². The molecule has 0 fully saturated rings. The van der Waals surface area contributed by atoms with Crippen LogP contribution in [0.15, 0.2) is 17.7 Å². The van der Waals surface area contributed by atoms with E-state index in [1.54, 1.807) is 0 Å². The molecule has 1 rings (SSSR count). The Bertz CT molecular complexity index is 567. The third kappa shape index (κ3) is 3.45. The fourth-order valence-corrected chi connectivity index (χ4v) is 1.39. The highest BCUT2D eigenvalue weighted by atomic mass is 19.2. The summed E-state index contributed by atoms with van der Waals surface area (Å²) >= 11 is 0. The monoisotopic (exact) mass is 288 g/mol. The van der Waals surface area contributed by atoms with Gasteiger partial charge in [-0.25, -0.2) is 18.0 Å². The van der Waals surface area contributed by atoms with Crippen LogP contribution >= 0.6 is 0 Å². The number of halogens is 3. The molecule has 0 aliphatic rings. The van der Waals surface area contributed by atoms with Crippen molar-refractivity contribution in [1.29, 1.82) is 0 Å². The number of carbonyl (C=O) groups excluding carboxylic acids is 2. The minimum absolute atomic E-state index is 0.487. The van der Waals surface area contributed by atoms with Crippen molar-refractivity contribution in [3.63, 3.8) is 0 Å². The summed E-state index contributed by atoms with van der Waals surface area (Å²) in [6.07, 6.45) is 0.598. The molecule has 0 bridgehead atoms. The number of rotatable bonds is 5. The van der Waals surface area contributed by atoms with Gasteiger partial charge in [0, 0.05) is 7.11 Å². The number of Topliss-reactive ketones (excluding diaryl/α,β-unsaturated/α-hetero) is 1. The third-order valence-electron chi connectivity index (χ3n) is 2.35. The van der Waals surface area contributed by atoms with Crippen LogP contribution in [-0.2, 0) is 19.1 Å². The fraction of sp³-hybridized carbons (Fsp3) is 0.231. The number of carbonyl (C=O) groups is 2. The highest BCUT2D eigenvalue weighted by molar-refractivity contribution is 6.21. The molecule has 0 saturated heterocycles. The molecule has 1 aromatic rings. The summed E-state index contributed by atoms with van der Waals surface area (Å²) in [7, 11) is 2.20. The predicted octanol–water partition coefficient (Wildman–Crippen LogP) is 1.88. The van der Waals surface area contributed by atoms with Gasteiger partial charge < -0.3 is 9.47 Å². The van der Waals surface area contributed by atoms with E-state index in [4.69, 9.17) is 0 Å². The predicted molar refractivity (Wildman–Crippen MR) is 63.2 cm³/mol. The van der Waals surface area contributed by atoms with Crippen LogP contribution < -0.4 is 0 Å². The van der Waals surface area contributed by atoms with E-state index >= 15 is 0 Å². The summed E-state index contributed by atoms with van der Waals surface area (Å²) < 4.78 is 48.9. The van der Waals surface area contributed by atoms with Crippen LogP contribution in [-0.4, -0.2) is 32.6 Å². The van der Waals surface area contributed by atoms with Gasteiger partial charge in [-0.15, -0.1) is 0 Å². The van der Waals surface area contributed by atoms with Crippen molar-refractivity contribution in [2.45, 2.75) is 0 Å². The molecule has 0 N–H and O–H groups in total. The normalized spacial score (nSPS) is 11.3. The average molecular weight is 288 g/mol. The molecule has 0 unspecified atom stereocenters. The Labute approximate surface area is 112 Å². The maximum atomic E-state index is 13.5. The Hall–Kier alpha value is -2.15. The van der Waals surface area contributed by atoms with Gasteiger partial charge >= 0.3 is 5.97 Å². The number of hydrogen-bond acceptors (Lipinski definition) is 4. The second-order valence-corrected chi connectivity index (χ2v) is 3.66. The van der Waals surface area contributed by atoms with Crippen LogP contribution in [0.5, 0.6) is 0 Å². The molecule has 0 spiro atoms. The molecule has 0 saturated carbocycles. The van der Waals surface area contributed by atoms with Gasteiger partial charge in [0.1, 0.15) is 18.0 Å². The number of benzene rings is 1. The van der Waals surface area contributed by atoms with Crippen LogP contribution in [0.3, 0.4) is 0 Å². The number of methoxy groups -OCH3 is 2. The van der Waals surface area contributed by atoms with Crippen LogP contribution in [0.25, 0.3) is 6.08 Å². The smallest absolute Gasteiger partial charge is 0.341 e. The fourth-order valence-electron chi connectivity index (χ4n) is 1.39. The maximum absolute atomic E-state index is 13.5. The van der Waals surface area contributed by atoms with Gasteiger partial charge in [0.05, 0.1) is 12.7 Å². The molecule has 7 heteroatoms. The molecule has 20 heavy (non-hydrogen) atoms. The lowest BCUT2D eigenvalue weighted by atomic mass is 10.1. The SMILES string of the molecule is COCC(=O)C(=Cc1c(F)ccc(F)c1F)C(=O)OC. The Morgan fingerprint density at radius 1 is 1.15 bits per heavy atom. The van der Waals surface area contributed by atoms with Crippen LogP contribution in [0.1, 0.15) is 5.56 Å². The van der Waals surface area contributed by atoms with Crippen LogP contribution in [0.2, 0.25) is 0 Å². The molecular weight excluding hydrogens is 277 g/mol. The lowest BCUT2D eigenvalue weighted by molar-refractivity contribution is -0.138. The van der Waals surface area contributed by atoms with Gasteiger partial charge in [-0.1, -0.05) is 0 Å². The van der Waals surface area contributed by atoms with E-state index in [1.807, 2.05) is 0 Å². The summed E-state index contributed by atoms with van der Waals surface area (Å²) in [6, 6.07) is 1.27. The van der Waals surface area contributed by atoms with E-state index in [2.05, 4.69) is 9.47 Å². The first-order valence-electron chi connectivity index (χ1n) is 5.38. The van der Waals surface area contributed by atoms with Gasteiger partial charge in [0.2, 0.25) is 0 Å². The summed E-state index contributed by atoms with van der Waals surface area (Å²) in [4.78, 5) is 23.1. The average Bonchev–Trinajstić information content (AvgIpc) is 2.42. The zero-order valence-corrected chi connectivity index (χ0v) is 10.7. The zero-order chi connectivity index (χ0) is 15.3. The molecule has 108 valence electrons. The molecule has 0 aliphatic carbocycles. The first-order valence-corrected chi connectivity index (χ1v) is 5.38. The van der Waals surface area contributed by atoms with Gasteiger partial charge in [-0.3, -0.25) is 4.79 Å². The molecular formula is C13H11F3O4. The molecule has 0 radical (unpaired) electrons. The standard InChI is InChI=1S/C13H11F3O4/c1-19-6-11(17)8(13(18)20-2)5-7-9(14)3-4-10(15)12(7)16/h3-5H,6H2,1-2H3. The van der Waals surface area contributed by atoms with Gasteiger partial charge in [0.15, 0.2) is 17.4 Å². The second-order valence-electron chi connectivity index (χ2n) is 3.66. The Morgan fingerprint density at radius 3 is 2.30 bits per heavy atom. The van der Waals surface area contributed by atoms with Gasteiger partial charge in [0.25, 0.3) is 0 Å². The first-order chi connectivity index (χ1) is 9.42. The lowest BCUT2D eigenvalue weighted by Gasteiger charge is -2.06. The maximum Gasteiger partial charge on any atom is 0.341 e. The third-order valence-corrected chi connectivity index (χ3v) is 2.35. The van der Waals surface area contributed by atoms with Crippen molar-refractivity contribution in [2.75, 3.05) is 20.8 Å². The molecule has 4 nitrogen and oxygen atoms in total. The quantitative estimate of drug-likeness (QED) is 0.273. The number of ether oxygens (including phenoxy) is 2. The zero-order valence-electron chi connectivity index (χ0n) is 10.7. The van der Waals surface area contributed by atoms with Crippen molar-refractivity contribution < 1.29 is 32.2 Å². The van der Waals surface area contributed by atoms with E-state index < -0.39 is 46.9 Å². The van der Waals surface area contributed by atoms with E-state index in [-0.39, 0.29) is 0 Å². The molecule has 0 aliphatic heterocycles. The van der Waals surface area contributed by atoms with Crippen molar-refractivity contribution in [1.82, 2.24) is 0 Å². The Balaban J connectivity index is 3.37. The summed E-state index contributed by atoms with van der Waals surface area (Å²) in [5, 5.41) is 0.